The van der Waals surface area contributed by atoms with Crippen molar-refractivity contribution in [2.75, 3.05) is 34.3 Å². The van der Waals surface area contributed by atoms with Gasteiger partial charge >= 0.3 is 0 Å². The second-order valence-corrected chi connectivity index (χ2v) is 6.57. The van der Waals surface area contributed by atoms with Crippen LogP contribution < -0.4 is 10.6 Å². The molecule has 0 bridgehead atoms. The highest BCUT2D eigenvalue weighted by molar-refractivity contribution is 5.79. The van der Waals surface area contributed by atoms with Crippen LogP contribution in [0.2, 0.25) is 0 Å². The van der Waals surface area contributed by atoms with Crippen molar-refractivity contribution in [1.29, 1.82) is 0 Å². The molecule has 0 amide bonds. The van der Waals surface area contributed by atoms with Gasteiger partial charge in [-0.05, 0) is 46.0 Å². The van der Waals surface area contributed by atoms with Crippen molar-refractivity contribution < 1.29 is 4.74 Å². The van der Waals surface area contributed by atoms with Crippen molar-refractivity contribution in [2.45, 2.75) is 39.5 Å². The van der Waals surface area contributed by atoms with Gasteiger partial charge in [-0.2, -0.15) is 0 Å². The lowest BCUT2D eigenvalue weighted by molar-refractivity contribution is 0.0268. The van der Waals surface area contributed by atoms with E-state index in [-0.39, 0.29) is 5.60 Å². The zero-order valence-electron chi connectivity index (χ0n) is 15.4. The molecule has 0 fully saturated rings. The third-order valence-electron chi connectivity index (χ3n) is 3.52. The molecule has 5 nitrogen and oxygen atoms in total. The quantitative estimate of drug-likeness (QED) is 0.570. The minimum absolute atomic E-state index is 0.218. The van der Waals surface area contributed by atoms with Gasteiger partial charge in [-0.15, -0.1) is 0 Å². The van der Waals surface area contributed by atoms with E-state index in [0.29, 0.717) is 13.1 Å². The Morgan fingerprint density at radius 1 is 1.13 bits per heavy atom. The van der Waals surface area contributed by atoms with E-state index in [1.165, 1.54) is 11.1 Å². The molecule has 0 radical (unpaired) electrons. The lowest BCUT2D eigenvalue weighted by Gasteiger charge is -2.24. The number of nitrogens with zero attached hydrogens (tertiary/aromatic N) is 2. The Balaban J connectivity index is 2.62. The van der Waals surface area contributed by atoms with Gasteiger partial charge < -0.3 is 20.3 Å². The second kappa shape index (κ2) is 9.53. The van der Waals surface area contributed by atoms with Crippen molar-refractivity contribution in [3.63, 3.8) is 0 Å². The number of benzene rings is 1. The maximum Gasteiger partial charge on any atom is 0.191 e. The number of guanidine groups is 1. The fourth-order valence-corrected chi connectivity index (χ4v) is 2.00. The molecule has 0 atom stereocenters. The molecule has 0 spiro atoms. The number of hydrogen-bond acceptors (Lipinski definition) is 3. The SMILES string of the molecule is CCNC(=NCc1ccc(CN(C)C)cc1)NCC(C)(C)OC. The summed E-state index contributed by atoms with van der Waals surface area (Å²) in [7, 11) is 5.88. The minimum Gasteiger partial charge on any atom is -0.377 e. The first-order valence-corrected chi connectivity index (χ1v) is 8.16. The lowest BCUT2D eigenvalue weighted by Crippen LogP contribution is -2.45. The van der Waals surface area contributed by atoms with Crippen molar-refractivity contribution >= 4 is 5.96 Å². The van der Waals surface area contributed by atoms with Crippen molar-refractivity contribution in [1.82, 2.24) is 15.5 Å². The van der Waals surface area contributed by atoms with E-state index in [1.54, 1.807) is 7.11 Å². The van der Waals surface area contributed by atoms with Crippen LogP contribution in [0, 0.1) is 0 Å². The molecule has 0 aliphatic carbocycles. The van der Waals surface area contributed by atoms with Crippen molar-refractivity contribution in [3.8, 4) is 0 Å². The molecule has 0 aromatic heterocycles. The fourth-order valence-electron chi connectivity index (χ4n) is 2.00. The van der Waals surface area contributed by atoms with Gasteiger partial charge in [0.15, 0.2) is 5.96 Å². The number of hydrogen-bond donors (Lipinski definition) is 2. The molecule has 1 aromatic carbocycles. The number of methoxy groups -OCH3 is 1. The Morgan fingerprint density at radius 3 is 2.26 bits per heavy atom. The van der Waals surface area contributed by atoms with Crippen LogP contribution in [0.5, 0.6) is 0 Å². The second-order valence-electron chi connectivity index (χ2n) is 6.57. The summed E-state index contributed by atoms with van der Waals surface area (Å²) >= 11 is 0. The number of ether oxygens (including phenoxy) is 1. The lowest BCUT2D eigenvalue weighted by atomic mass is 10.1. The van der Waals surface area contributed by atoms with Crippen molar-refractivity contribution in [2.24, 2.45) is 4.99 Å². The number of rotatable bonds is 8. The Morgan fingerprint density at radius 2 is 1.74 bits per heavy atom. The first-order valence-electron chi connectivity index (χ1n) is 8.16. The molecule has 23 heavy (non-hydrogen) atoms. The highest BCUT2D eigenvalue weighted by atomic mass is 16.5. The summed E-state index contributed by atoms with van der Waals surface area (Å²) in [4.78, 5) is 6.80. The van der Waals surface area contributed by atoms with E-state index in [0.717, 1.165) is 19.0 Å². The molecule has 0 saturated heterocycles. The summed E-state index contributed by atoms with van der Waals surface area (Å²) in [6.45, 7) is 9.32. The standard InChI is InChI=1S/C18H32N4O/c1-7-19-17(21-14-18(2,3)23-6)20-12-15-8-10-16(11-9-15)13-22(4)5/h8-11H,7,12-14H2,1-6H3,(H2,19,20,21). The van der Waals surface area contributed by atoms with Gasteiger partial charge in [0.05, 0.1) is 12.1 Å². The maximum atomic E-state index is 5.42. The van der Waals surface area contributed by atoms with E-state index >= 15 is 0 Å². The predicted molar refractivity (Wildman–Crippen MR) is 97.7 cm³/mol. The largest absolute Gasteiger partial charge is 0.377 e. The summed E-state index contributed by atoms with van der Waals surface area (Å²) in [5.74, 6) is 0.815. The molecule has 2 N–H and O–H groups in total. The molecular weight excluding hydrogens is 288 g/mol. The van der Waals surface area contributed by atoms with E-state index in [9.17, 15) is 0 Å². The van der Waals surface area contributed by atoms with Gasteiger partial charge in [0.1, 0.15) is 0 Å². The number of aliphatic imine (C=N–C) groups is 1. The van der Waals surface area contributed by atoms with E-state index in [2.05, 4.69) is 65.8 Å². The molecule has 1 rings (SSSR count). The van der Waals surface area contributed by atoms with Crippen LogP contribution in [0.25, 0.3) is 0 Å². The Labute approximate surface area is 141 Å². The summed E-state index contributed by atoms with van der Waals surface area (Å²) in [5, 5.41) is 6.59. The van der Waals surface area contributed by atoms with Gasteiger partial charge in [-0.25, -0.2) is 4.99 Å². The van der Waals surface area contributed by atoms with Crippen molar-refractivity contribution in [3.05, 3.63) is 35.4 Å². The average Bonchev–Trinajstić information content (AvgIpc) is 2.51. The first kappa shape index (κ1) is 19.5. The van der Waals surface area contributed by atoms with Crippen LogP contribution >= 0.6 is 0 Å². The normalized spacial score (nSPS) is 12.6. The molecule has 0 aliphatic heterocycles. The third-order valence-corrected chi connectivity index (χ3v) is 3.52. The molecule has 1 aromatic rings. The minimum atomic E-state index is -0.218. The molecule has 0 heterocycles. The van der Waals surface area contributed by atoms with Crippen LogP contribution in [-0.4, -0.2) is 50.8 Å². The summed E-state index contributed by atoms with van der Waals surface area (Å²) in [6.07, 6.45) is 0. The van der Waals surface area contributed by atoms with Crippen LogP contribution in [0.15, 0.2) is 29.3 Å². The zero-order valence-corrected chi connectivity index (χ0v) is 15.4. The van der Waals surface area contributed by atoms with E-state index < -0.39 is 0 Å². The Kier molecular flexibility index (Phi) is 8.06. The predicted octanol–water partition coefficient (Wildman–Crippen LogP) is 2.23. The average molecular weight is 320 g/mol. The molecular formula is C18H32N4O. The first-order chi connectivity index (χ1) is 10.9. The van der Waals surface area contributed by atoms with Gasteiger partial charge in [0, 0.05) is 26.7 Å². The highest BCUT2D eigenvalue weighted by Crippen LogP contribution is 2.08. The Hall–Kier alpha value is -1.59. The van der Waals surface area contributed by atoms with Gasteiger partial charge in [0.2, 0.25) is 0 Å². The zero-order chi connectivity index (χ0) is 17.3. The van der Waals surface area contributed by atoms with Crippen LogP contribution in [0.4, 0.5) is 0 Å². The molecule has 5 heteroatoms. The fraction of sp³-hybridized carbons (Fsp3) is 0.611. The summed E-state index contributed by atoms with van der Waals surface area (Å²) in [5.41, 5.74) is 2.30. The molecule has 0 saturated carbocycles. The van der Waals surface area contributed by atoms with Crippen LogP contribution in [-0.2, 0) is 17.8 Å². The van der Waals surface area contributed by atoms with Gasteiger partial charge in [-0.1, -0.05) is 24.3 Å². The molecule has 0 aliphatic rings. The smallest absolute Gasteiger partial charge is 0.191 e. The van der Waals surface area contributed by atoms with Crippen LogP contribution in [0.3, 0.4) is 0 Å². The summed E-state index contributed by atoms with van der Waals surface area (Å²) < 4.78 is 5.42. The van der Waals surface area contributed by atoms with Gasteiger partial charge in [-0.3, -0.25) is 0 Å². The van der Waals surface area contributed by atoms with E-state index in [1.807, 2.05) is 13.8 Å². The third kappa shape index (κ3) is 8.00. The maximum absolute atomic E-state index is 5.42. The van der Waals surface area contributed by atoms with Gasteiger partial charge in [0.25, 0.3) is 0 Å². The topological polar surface area (TPSA) is 48.9 Å². The summed E-state index contributed by atoms with van der Waals surface area (Å²) in [6, 6.07) is 8.62. The van der Waals surface area contributed by atoms with E-state index in [4.69, 9.17) is 4.74 Å². The van der Waals surface area contributed by atoms with Crippen LogP contribution in [0.1, 0.15) is 31.9 Å². The number of nitrogens with one attached hydrogen (secondary N) is 2. The highest BCUT2D eigenvalue weighted by Gasteiger charge is 2.16. The Bertz CT molecular complexity index is 480. The molecule has 130 valence electrons. The molecule has 0 unspecified atom stereocenters. The monoisotopic (exact) mass is 320 g/mol.